The van der Waals surface area contributed by atoms with E-state index in [1.807, 2.05) is 49.4 Å². The number of nitrogens with zero attached hydrogens (tertiary/aromatic N) is 3. The molecule has 6 nitrogen and oxygen atoms in total. The SMILES string of the molecule is CCc1c(C(=O)NCc2ccc(N3CCCC3=O)cc2)cnn1-c1cccc(Cl)c1. The molecule has 1 aromatic heterocycles. The van der Waals surface area contributed by atoms with E-state index in [4.69, 9.17) is 11.6 Å². The molecule has 3 aromatic rings. The van der Waals surface area contributed by atoms with E-state index < -0.39 is 0 Å². The van der Waals surface area contributed by atoms with Gasteiger partial charge in [0.2, 0.25) is 5.91 Å². The van der Waals surface area contributed by atoms with Crippen molar-refractivity contribution in [1.82, 2.24) is 15.1 Å². The summed E-state index contributed by atoms with van der Waals surface area (Å²) >= 11 is 6.10. The Kier molecular flexibility index (Phi) is 5.86. The summed E-state index contributed by atoms with van der Waals surface area (Å²) < 4.78 is 1.75. The van der Waals surface area contributed by atoms with Gasteiger partial charge in [-0.3, -0.25) is 9.59 Å². The highest BCUT2D eigenvalue weighted by Crippen LogP contribution is 2.22. The zero-order chi connectivity index (χ0) is 21.1. The molecule has 1 aliphatic heterocycles. The molecule has 0 spiro atoms. The van der Waals surface area contributed by atoms with E-state index in [0.29, 0.717) is 30.0 Å². The molecule has 0 unspecified atom stereocenters. The molecule has 1 saturated heterocycles. The van der Waals surface area contributed by atoms with E-state index in [2.05, 4.69) is 10.4 Å². The highest BCUT2D eigenvalue weighted by molar-refractivity contribution is 6.30. The first-order valence-electron chi connectivity index (χ1n) is 10.1. The van der Waals surface area contributed by atoms with Crippen molar-refractivity contribution in [2.24, 2.45) is 0 Å². The van der Waals surface area contributed by atoms with Gasteiger partial charge in [-0.2, -0.15) is 5.10 Å². The van der Waals surface area contributed by atoms with Crippen LogP contribution in [0.5, 0.6) is 0 Å². The van der Waals surface area contributed by atoms with Gasteiger partial charge >= 0.3 is 0 Å². The van der Waals surface area contributed by atoms with Crippen LogP contribution in [0.25, 0.3) is 5.69 Å². The molecule has 4 rings (SSSR count). The van der Waals surface area contributed by atoms with Crippen molar-refractivity contribution in [2.75, 3.05) is 11.4 Å². The van der Waals surface area contributed by atoms with Crippen LogP contribution in [0.4, 0.5) is 5.69 Å². The molecule has 0 aliphatic carbocycles. The maximum absolute atomic E-state index is 12.8. The zero-order valence-corrected chi connectivity index (χ0v) is 17.5. The second-order valence-electron chi connectivity index (χ2n) is 7.25. The fraction of sp³-hybridized carbons (Fsp3) is 0.261. The molecular weight excluding hydrogens is 400 g/mol. The summed E-state index contributed by atoms with van der Waals surface area (Å²) in [7, 11) is 0. The van der Waals surface area contributed by atoms with Crippen LogP contribution in [-0.4, -0.2) is 28.1 Å². The van der Waals surface area contributed by atoms with Crippen molar-refractivity contribution in [1.29, 1.82) is 0 Å². The first kappa shape index (κ1) is 20.2. The largest absolute Gasteiger partial charge is 0.348 e. The summed E-state index contributed by atoms with van der Waals surface area (Å²) in [6, 6.07) is 15.1. The molecular formula is C23H23ClN4O2. The number of anilines is 1. The summed E-state index contributed by atoms with van der Waals surface area (Å²) in [6.45, 7) is 3.16. The molecule has 2 amide bonds. The lowest BCUT2D eigenvalue weighted by molar-refractivity contribution is -0.117. The third kappa shape index (κ3) is 4.09. The van der Waals surface area contributed by atoms with Crippen molar-refractivity contribution in [3.05, 3.63) is 76.6 Å². The molecule has 1 fully saturated rings. The summed E-state index contributed by atoms with van der Waals surface area (Å²) in [4.78, 5) is 26.5. The van der Waals surface area contributed by atoms with E-state index >= 15 is 0 Å². The fourth-order valence-electron chi connectivity index (χ4n) is 3.73. The highest BCUT2D eigenvalue weighted by atomic mass is 35.5. The summed E-state index contributed by atoms with van der Waals surface area (Å²) in [5, 5.41) is 7.98. The number of rotatable bonds is 6. The smallest absolute Gasteiger partial charge is 0.255 e. The van der Waals surface area contributed by atoms with E-state index in [1.165, 1.54) is 0 Å². The first-order valence-corrected chi connectivity index (χ1v) is 10.4. The minimum absolute atomic E-state index is 0.167. The highest BCUT2D eigenvalue weighted by Gasteiger charge is 2.21. The third-order valence-electron chi connectivity index (χ3n) is 5.28. The molecule has 0 saturated carbocycles. The second kappa shape index (κ2) is 8.71. The van der Waals surface area contributed by atoms with Crippen molar-refractivity contribution >= 4 is 29.1 Å². The monoisotopic (exact) mass is 422 g/mol. The standard InChI is InChI=1S/C23H23ClN4O2/c1-2-21-20(15-26-28(21)19-6-3-5-17(24)13-19)23(30)25-14-16-8-10-18(11-9-16)27-12-4-7-22(27)29/h3,5-6,8-11,13,15H,2,4,7,12,14H2,1H3,(H,25,30). The predicted molar refractivity (Wildman–Crippen MR) is 117 cm³/mol. The minimum atomic E-state index is -0.168. The quantitative estimate of drug-likeness (QED) is 0.649. The first-order chi connectivity index (χ1) is 14.6. The Morgan fingerprint density at radius 1 is 1.17 bits per heavy atom. The maximum atomic E-state index is 12.8. The van der Waals surface area contributed by atoms with Gasteiger partial charge in [-0.25, -0.2) is 4.68 Å². The number of halogens is 1. The number of hydrogen-bond acceptors (Lipinski definition) is 3. The number of aromatic nitrogens is 2. The molecule has 0 bridgehead atoms. The number of benzene rings is 2. The Labute approximate surface area is 180 Å². The molecule has 154 valence electrons. The van der Waals surface area contributed by atoms with Crippen LogP contribution in [0.2, 0.25) is 5.02 Å². The molecule has 0 atom stereocenters. The average Bonchev–Trinajstić information content (AvgIpc) is 3.38. The van der Waals surface area contributed by atoms with Crippen molar-refractivity contribution in [2.45, 2.75) is 32.7 Å². The average molecular weight is 423 g/mol. The number of carbonyl (C=O) groups excluding carboxylic acids is 2. The van der Waals surface area contributed by atoms with Crippen LogP contribution < -0.4 is 10.2 Å². The Morgan fingerprint density at radius 2 is 1.97 bits per heavy atom. The van der Waals surface area contributed by atoms with Crippen molar-refractivity contribution in [3.8, 4) is 5.69 Å². The zero-order valence-electron chi connectivity index (χ0n) is 16.8. The second-order valence-corrected chi connectivity index (χ2v) is 7.68. The van der Waals surface area contributed by atoms with Gasteiger partial charge in [0.05, 0.1) is 23.1 Å². The summed E-state index contributed by atoms with van der Waals surface area (Å²) in [5.41, 5.74) is 4.09. The molecule has 1 aliphatic rings. The normalized spacial score (nSPS) is 13.7. The Balaban J connectivity index is 1.45. The fourth-order valence-corrected chi connectivity index (χ4v) is 3.91. The molecule has 2 aromatic carbocycles. The number of carbonyl (C=O) groups is 2. The van der Waals surface area contributed by atoms with Crippen LogP contribution in [0.3, 0.4) is 0 Å². The number of amides is 2. The van der Waals surface area contributed by atoms with E-state index in [0.717, 1.165) is 35.6 Å². The Bertz CT molecular complexity index is 1080. The van der Waals surface area contributed by atoms with Crippen LogP contribution in [0.15, 0.2) is 54.7 Å². The lowest BCUT2D eigenvalue weighted by Crippen LogP contribution is -2.24. The molecule has 0 radical (unpaired) electrons. The Hall–Kier alpha value is -3.12. The lowest BCUT2D eigenvalue weighted by Gasteiger charge is -2.16. The van der Waals surface area contributed by atoms with Gasteiger partial charge in [0.25, 0.3) is 5.91 Å². The van der Waals surface area contributed by atoms with Crippen LogP contribution >= 0.6 is 11.6 Å². The molecule has 1 N–H and O–H groups in total. The van der Waals surface area contributed by atoms with Crippen LogP contribution in [0, 0.1) is 0 Å². The van der Waals surface area contributed by atoms with E-state index in [-0.39, 0.29) is 11.8 Å². The van der Waals surface area contributed by atoms with E-state index in [1.54, 1.807) is 21.8 Å². The topological polar surface area (TPSA) is 67.2 Å². The van der Waals surface area contributed by atoms with Gasteiger partial charge in [0.15, 0.2) is 0 Å². The van der Waals surface area contributed by atoms with E-state index in [9.17, 15) is 9.59 Å². The number of hydrogen-bond donors (Lipinski definition) is 1. The predicted octanol–water partition coefficient (Wildman–Crippen LogP) is 4.14. The van der Waals surface area contributed by atoms with Gasteiger partial charge in [0, 0.05) is 30.2 Å². The molecule has 30 heavy (non-hydrogen) atoms. The van der Waals surface area contributed by atoms with Gasteiger partial charge in [-0.1, -0.05) is 36.7 Å². The van der Waals surface area contributed by atoms with Crippen molar-refractivity contribution < 1.29 is 9.59 Å². The van der Waals surface area contributed by atoms with Crippen LogP contribution in [-0.2, 0) is 17.8 Å². The van der Waals surface area contributed by atoms with Gasteiger partial charge in [0.1, 0.15) is 0 Å². The third-order valence-corrected chi connectivity index (χ3v) is 5.51. The number of nitrogens with one attached hydrogen (secondary N) is 1. The summed E-state index contributed by atoms with van der Waals surface area (Å²) in [6.07, 6.45) is 3.77. The Morgan fingerprint density at radius 3 is 2.63 bits per heavy atom. The van der Waals surface area contributed by atoms with Crippen molar-refractivity contribution in [3.63, 3.8) is 0 Å². The molecule has 7 heteroatoms. The summed E-state index contributed by atoms with van der Waals surface area (Å²) in [5.74, 6) is -0.00112. The maximum Gasteiger partial charge on any atom is 0.255 e. The van der Waals surface area contributed by atoms with Crippen LogP contribution in [0.1, 0.15) is 41.4 Å². The lowest BCUT2D eigenvalue weighted by atomic mass is 10.1. The molecule has 2 heterocycles. The van der Waals surface area contributed by atoms with Gasteiger partial charge in [-0.05, 0) is 48.7 Å². The minimum Gasteiger partial charge on any atom is -0.348 e. The van der Waals surface area contributed by atoms with Gasteiger partial charge in [-0.15, -0.1) is 0 Å². The van der Waals surface area contributed by atoms with Gasteiger partial charge < -0.3 is 10.2 Å².